The largest absolute Gasteiger partial charge is 0.457 e. The molecule has 3 N–H and O–H groups in total. The van der Waals surface area contributed by atoms with E-state index in [9.17, 15) is 14.0 Å². The molecule has 0 atom stereocenters. The summed E-state index contributed by atoms with van der Waals surface area (Å²) >= 11 is 5.81. The van der Waals surface area contributed by atoms with E-state index in [0.717, 1.165) is 6.07 Å². The molecule has 2 aromatic rings. The van der Waals surface area contributed by atoms with Crippen molar-refractivity contribution in [1.82, 2.24) is 4.98 Å². The lowest BCUT2D eigenvalue weighted by atomic mass is 10.2. The van der Waals surface area contributed by atoms with Gasteiger partial charge in [-0.2, -0.15) is 5.26 Å². The third kappa shape index (κ3) is 3.07. The van der Waals surface area contributed by atoms with E-state index in [1.807, 2.05) is 0 Å². The van der Waals surface area contributed by atoms with E-state index in [2.05, 4.69) is 4.98 Å². The summed E-state index contributed by atoms with van der Waals surface area (Å²) in [5.74, 6) is -1.77. The van der Waals surface area contributed by atoms with Gasteiger partial charge in [-0.25, -0.2) is 9.18 Å². The molecular formula is C14H9ClFN3O3. The highest BCUT2D eigenvalue weighted by Crippen LogP contribution is 2.20. The maximum atomic E-state index is 13.6. The molecule has 0 saturated heterocycles. The summed E-state index contributed by atoms with van der Waals surface area (Å²) in [5, 5.41) is 8.88. The molecule has 6 nitrogen and oxygen atoms in total. The van der Waals surface area contributed by atoms with E-state index in [0.29, 0.717) is 0 Å². The van der Waals surface area contributed by atoms with Crippen molar-refractivity contribution >= 4 is 23.4 Å². The van der Waals surface area contributed by atoms with Gasteiger partial charge in [0.05, 0.1) is 5.02 Å². The SMILES string of the molecule is N#Cc1cc(C(=O)OCc2c(F)cccc2Cl)c(N)[nH]c1=O. The number of pyridine rings is 1. The highest BCUT2D eigenvalue weighted by molar-refractivity contribution is 6.31. The number of aromatic amines is 1. The van der Waals surface area contributed by atoms with E-state index in [-0.39, 0.29) is 27.5 Å². The van der Waals surface area contributed by atoms with Crippen molar-refractivity contribution < 1.29 is 13.9 Å². The lowest BCUT2D eigenvalue weighted by molar-refractivity contribution is 0.0470. The number of anilines is 1. The van der Waals surface area contributed by atoms with Crippen LogP contribution in [0.4, 0.5) is 10.2 Å². The van der Waals surface area contributed by atoms with Crippen LogP contribution in [0.5, 0.6) is 0 Å². The molecule has 0 aliphatic rings. The number of carbonyl (C=O) groups excluding carboxylic acids is 1. The topological polar surface area (TPSA) is 109 Å². The summed E-state index contributed by atoms with van der Waals surface area (Å²) < 4.78 is 18.5. The van der Waals surface area contributed by atoms with Crippen LogP contribution >= 0.6 is 11.6 Å². The quantitative estimate of drug-likeness (QED) is 0.840. The van der Waals surface area contributed by atoms with Gasteiger partial charge in [-0.3, -0.25) is 4.79 Å². The zero-order chi connectivity index (χ0) is 16.3. The number of halogens is 2. The van der Waals surface area contributed by atoms with Gasteiger partial charge >= 0.3 is 5.97 Å². The molecule has 2 rings (SSSR count). The number of benzene rings is 1. The molecule has 0 spiro atoms. The molecule has 22 heavy (non-hydrogen) atoms. The van der Waals surface area contributed by atoms with Gasteiger partial charge in [0, 0.05) is 5.56 Å². The second kappa shape index (κ2) is 6.28. The predicted octanol–water partition coefficient (Wildman–Crippen LogP) is 1.98. The van der Waals surface area contributed by atoms with Crippen LogP contribution in [0.25, 0.3) is 0 Å². The van der Waals surface area contributed by atoms with E-state index in [4.69, 9.17) is 27.3 Å². The van der Waals surface area contributed by atoms with Crippen LogP contribution in [-0.4, -0.2) is 11.0 Å². The molecule has 112 valence electrons. The Hall–Kier alpha value is -2.85. The van der Waals surface area contributed by atoms with Crippen molar-refractivity contribution in [3.63, 3.8) is 0 Å². The molecule has 0 saturated carbocycles. The number of ether oxygens (including phenoxy) is 1. The third-order valence-corrected chi connectivity index (χ3v) is 3.18. The lowest BCUT2D eigenvalue weighted by Crippen LogP contribution is -2.18. The molecule has 0 amide bonds. The Balaban J connectivity index is 2.24. The Bertz CT molecular complexity index is 822. The van der Waals surface area contributed by atoms with Gasteiger partial charge < -0.3 is 15.5 Å². The minimum absolute atomic E-state index is 0.0148. The Labute approximate surface area is 128 Å². The highest BCUT2D eigenvalue weighted by atomic mass is 35.5. The smallest absolute Gasteiger partial charge is 0.342 e. The zero-order valence-electron chi connectivity index (χ0n) is 11.0. The number of nitrogens with zero attached hydrogens (tertiary/aromatic N) is 1. The minimum atomic E-state index is -0.912. The fourth-order valence-corrected chi connectivity index (χ4v) is 1.90. The van der Waals surface area contributed by atoms with Crippen LogP contribution < -0.4 is 11.3 Å². The van der Waals surface area contributed by atoms with Gasteiger partial charge in [-0.1, -0.05) is 17.7 Å². The van der Waals surface area contributed by atoms with Crippen molar-refractivity contribution in [2.45, 2.75) is 6.61 Å². The number of nitrogens with two attached hydrogens (primary N) is 1. The van der Waals surface area contributed by atoms with Crippen molar-refractivity contribution in [2.75, 3.05) is 5.73 Å². The van der Waals surface area contributed by atoms with Crippen molar-refractivity contribution in [2.24, 2.45) is 0 Å². The van der Waals surface area contributed by atoms with Crippen LogP contribution in [-0.2, 0) is 11.3 Å². The molecular weight excluding hydrogens is 313 g/mol. The Morgan fingerprint density at radius 2 is 2.23 bits per heavy atom. The predicted molar refractivity (Wildman–Crippen MR) is 76.7 cm³/mol. The first-order valence-electron chi connectivity index (χ1n) is 5.97. The van der Waals surface area contributed by atoms with Crippen LogP contribution in [0, 0.1) is 17.1 Å². The molecule has 0 bridgehead atoms. The Kier molecular flexibility index (Phi) is 4.44. The number of H-pyrrole nitrogens is 1. The molecule has 1 heterocycles. The zero-order valence-corrected chi connectivity index (χ0v) is 11.8. The molecule has 1 aromatic heterocycles. The Morgan fingerprint density at radius 3 is 2.86 bits per heavy atom. The number of nitriles is 1. The van der Waals surface area contributed by atoms with Crippen molar-refractivity contribution in [1.29, 1.82) is 5.26 Å². The lowest BCUT2D eigenvalue weighted by Gasteiger charge is -2.09. The molecule has 0 unspecified atom stereocenters. The van der Waals surface area contributed by atoms with E-state index in [1.165, 1.54) is 18.2 Å². The number of nitrogen functional groups attached to an aromatic ring is 1. The van der Waals surface area contributed by atoms with Crippen LogP contribution in [0.3, 0.4) is 0 Å². The first-order chi connectivity index (χ1) is 10.4. The minimum Gasteiger partial charge on any atom is -0.457 e. The summed E-state index contributed by atoms with van der Waals surface area (Å²) in [6.45, 7) is -0.412. The highest BCUT2D eigenvalue weighted by Gasteiger charge is 2.17. The van der Waals surface area contributed by atoms with Gasteiger partial charge in [-0.05, 0) is 18.2 Å². The van der Waals surface area contributed by atoms with Gasteiger partial charge in [-0.15, -0.1) is 0 Å². The molecule has 1 aromatic carbocycles. The van der Waals surface area contributed by atoms with Crippen LogP contribution in [0.2, 0.25) is 5.02 Å². The number of aromatic nitrogens is 1. The third-order valence-electron chi connectivity index (χ3n) is 2.82. The molecule has 0 aliphatic heterocycles. The summed E-state index contributed by atoms with van der Waals surface area (Å²) in [6.07, 6.45) is 0. The summed E-state index contributed by atoms with van der Waals surface area (Å²) in [5.41, 5.74) is 4.33. The van der Waals surface area contributed by atoms with Gasteiger partial charge in [0.2, 0.25) is 0 Å². The normalized spacial score (nSPS) is 10.0. The maximum Gasteiger partial charge on any atom is 0.342 e. The average molecular weight is 322 g/mol. The average Bonchev–Trinajstić information content (AvgIpc) is 2.46. The fraction of sp³-hybridized carbons (Fsp3) is 0.0714. The summed E-state index contributed by atoms with van der Waals surface area (Å²) in [6, 6.07) is 6.69. The number of rotatable bonds is 3. The fourth-order valence-electron chi connectivity index (χ4n) is 1.68. The molecule has 0 fully saturated rings. The van der Waals surface area contributed by atoms with E-state index >= 15 is 0 Å². The summed E-state index contributed by atoms with van der Waals surface area (Å²) in [7, 11) is 0. The van der Waals surface area contributed by atoms with Crippen LogP contribution in [0.15, 0.2) is 29.1 Å². The number of hydrogen-bond acceptors (Lipinski definition) is 5. The Morgan fingerprint density at radius 1 is 1.50 bits per heavy atom. The van der Waals surface area contributed by atoms with E-state index in [1.54, 1.807) is 6.07 Å². The molecule has 0 aliphatic carbocycles. The summed E-state index contributed by atoms with van der Waals surface area (Å²) in [4.78, 5) is 25.4. The number of nitrogens with one attached hydrogen (secondary N) is 1. The number of carbonyl (C=O) groups is 1. The number of esters is 1. The first-order valence-corrected chi connectivity index (χ1v) is 6.34. The second-order valence-electron chi connectivity index (χ2n) is 4.23. The first kappa shape index (κ1) is 15.5. The second-order valence-corrected chi connectivity index (χ2v) is 4.63. The molecule has 8 heteroatoms. The van der Waals surface area contributed by atoms with Gasteiger partial charge in [0.15, 0.2) is 0 Å². The van der Waals surface area contributed by atoms with Crippen LogP contribution in [0.1, 0.15) is 21.5 Å². The standard InChI is InChI=1S/C14H9ClFN3O3/c15-10-2-1-3-11(16)9(10)6-22-14(21)8-4-7(5-17)13(20)19-12(8)18/h1-4H,6H2,(H3,18,19,20). The monoisotopic (exact) mass is 321 g/mol. The molecule has 0 radical (unpaired) electrons. The van der Waals surface area contributed by atoms with Crippen molar-refractivity contribution in [3.05, 3.63) is 62.1 Å². The van der Waals surface area contributed by atoms with Gasteiger partial charge in [0.1, 0.15) is 35.4 Å². The van der Waals surface area contributed by atoms with E-state index < -0.39 is 24.0 Å². The van der Waals surface area contributed by atoms with Gasteiger partial charge in [0.25, 0.3) is 5.56 Å². The van der Waals surface area contributed by atoms with Crippen molar-refractivity contribution in [3.8, 4) is 6.07 Å². The number of hydrogen-bond donors (Lipinski definition) is 2. The maximum absolute atomic E-state index is 13.6.